The number of aromatic nitrogens is 2. The van der Waals surface area contributed by atoms with Gasteiger partial charge in [-0.1, -0.05) is 0 Å². The molecule has 0 aliphatic rings. The highest BCUT2D eigenvalue weighted by molar-refractivity contribution is 9.10. The first-order valence-electron chi connectivity index (χ1n) is 5.10. The molecule has 4 N–H and O–H groups in total. The third-order valence-corrected chi connectivity index (χ3v) is 3.94. The lowest BCUT2D eigenvalue weighted by molar-refractivity contribution is 0.0957. The van der Waals surface area contributed by atoms with Crippen LogP contribution in [0, 0.1) is 0 Å². The maximum absolute atomic E-state index is 11.6. The molecule has 2 aromatic rings. The third kappa shape index (κ3) is 3.00. The third-order valence-electron chi connectivity index (χ3n) is 2.31. The molecule has 0 saturated heterocycles. The molecular formula is C10H9BrN4O3S. The van der Waals surface area contributed by atoms with Crippen LogP contribution in [0.2, 0.25) is 0 Å². The summed E-state index contributed by atoms with van der Waals surface area (Å²) in [7, 11) is 0. The number of carbonyl (C=O) groups is 1. The molecule has 0 unspecified atom stereocenters. The number of hydrogen-bond donors (Lipinski definition) is 3. The molecule has 0 aliphatic carbocycles. The number of halogens is 1. The smallest absolute Gasteiger partial charge is 0.294 e. The summed E-state index contributed by atoms with van der Waals surface area (Å²) in [5, 5.41) is 0. The Kier molecular flexibility index (Phi) is 3.98. The van der Waals surface area contributed by atoms with Crippen molar-refractivity contribution >= 4 is 33.2 Å². The van der Waals surface area contributed by atoms with E-state index in [1.165, 1.54) is 22.1 Å². The van der Waals surface area contributed by atoms with E-state index >= 15 is 0 Å². The molecule has 9 heteroatoms. The maximum Gasteiger partial charge on any atom is 0.328 e. The lowest BCUT2D eigenvalue weighted by Crippen LogP contribution is -2.30. The molecule has 0 aliphatic heterocycles. The highest BCUT2D eigenvalue weighted by Crippen LogP contribution is 2.17. The zero-order valence-corrected chi connectivity index (χ0v) is 11.9. The van der Waals surface area contributed by atoms with Crippen molar-refractivity contribution in [1.29, 1.82) is 0 Å². The zero-order chi connectivity index (χ0) is 14.0. The summed E-state index contributed by atoms with van der Waals surface area (Å²) in [6.07, 6.45) is 1.41. The number of nitrogens with two attached hydrogens (primary N) is 1. The van der Waals surface area contributed by atoms with Crippen molar-refractivity contribution in [2.75, 3.05) is 0 Å². The van der Waals surface area contributed by atoms with Gasteiger partial charge in [0, 0.05) is 11.1 Å². The monoisotopic (exact) mass is 344 g/mol. The first-order valence-corrected chi connectivity index (χ1v) is 6.71. The Morgan fingerprint density at radius 1 is 1.47 bits per heavy atom. The van der Waals surface area contributed by atoms with Crippen LogP contribution >= 0.6 is 27.3 Å². The van der Waals surface area contributed by atoms with Crippen LogP contribution in [-0.2, 0) is 6.54 Å². The second-order valence-electron chi connectivity index (χ2n) is 3.60. The van der Waals surface area contributed by atoms with Gasteiger partial charge in [-0.05, 0) is 28.1 Å². The number of nitrogen functional groups attached to an aromatic ring is 1. The zero-order valence-electron chi connectivity index (χ0n) is 9.47. The van der Waals surface area contributed by atoms with E-state index < -0.39 is 11.2 Å². The molecule has 0 radical (unpaired) electrons. The van der Waals surface area contributed by atoms with Crippen LogP contribution in [0.25, 0.3) is 0 Å². The number of nitrogens with zero attached hydrogens (tertiary/aromatic N) is 1. The van der Waals surface area contributed by atoms with Gasteiger partial charge in [0.2, 0.25) is 0 Å². The van der Waals surface area contributed by atoms with Crippen molar-refractivity contribution in [2.45, 2.75) is 6.54 Å². The second-order valence-corrected chi connectivity index (χ2v) is 5.63. The van der Waals surface area contributed by atoms with Gasteiger partial charge in [-0.25, -0.2) is 10.6 Å². The molecule has 100 valence electrons. The maximum atomic E-state index is 11.6. The van der Waals surface area contributed by atoms with Crippen LogP contribution in [0.15, 0.2) is 32.4 Å². The van der Waals surface area contributed by atoms with Crippen molar-refractivity contribution in [3.05, 3.63) is 53.4 Å². The van der Waals surface area contributed by atoms with Gasteiger partial charge in [0.05, 0.1) is 15.9 Å². The summed E-state index contributed by atoms with van der Waals surface area (Å²) >= 11 is 4.27. The number of amides is 1. The van der Waals surface area contributed by atoms with Gasteiger partial charge in [0.15, 0.2) is 0 Å². The van der Waals surface area contributed by atoms with Crippen molar-refractivity contribution in [2.24, 2.45) is 5.84 Å². The van der Waals surface area contributed by atoms with Gasteiger partial charge < -0.3 is 0 Å². The standard InChI is InChI=1S/C10H9BrN4O3S/c11-6-4-15(10(18)13-8(6)16)3-5-1-2-7(19-5)9(17)14-12/h1-2,4H,3,12H2,(H,14,17)(H,13,16,18). The Labute approximate surface area is 119 Å². The lowest BCUT2D eigenvalue weighted by atomic mass is 10.4. The summed E-state index contributed by atoms with van der Waals surface area (Å²) in [6, 6.07) is 3.34. The molecule has 7 nitrogen and oxygen atoms in total. The average molecular weight is 345 g/mol. The van der Waals surface area contributed by atoms with Crippen molar-refractivity contribution < 1.29 is 4.79 Å². The van der Waals surface area contributed by atoms with Gasteiger partial charge in [-0.2, -0.15) is 0 Å². The fourth-order valence-corrected chi connectivity index (χ4v) is 2.68. The number of carbonyl (C=O) groups excluding carboxylic acids is 1. The summed E-state index contributed by atoms with van der Waals surface area (Å²) in [4.78, 5) is 37.5. The highest BCUT2D eigenvalue weighted by atomic mass is 79.9. The minimum absolute atomic E-state index is 0.261. The number of nitrogens with one attached hydrogen (secondary N) is 2. The highest BCUT2D eigenvalue weighted by Gasteiger charge is 2.09. The van der Waals surface area contributed by atoms with Gasteiger partial charge in [-0.15, -0.1) is 11.3 Å². The largest absolute Gasteiger partial charge is 0.328 e. The summed E-state index contributed by atoms with van der Waals surface area (Å²) in [5.41, 5.74) is 1.05. The Bertz CT molecular complexity index is 733. The molecule has 2 rings (SSSR count). The quantitative estimate of drug-likeness (QED) is 0.414. The van der Waals surface area contributed by atoms with Gasteiger partial charge in [0.1, 0.15) is 0 Å². The number of thiophene rings is 1. The first-order chi connectivity index (χ1) is 9.01. The molecule has 2 aromatic heterocycles. The number of rotatable bonds is 3. The summed E-state index contributed by atoms with van der Waals surface area (Å²) < 4.78 is 1.60. The van der Waals surface area contributed by atoms with Crippen LogP contribution in [0.1, 0.15) is 14.5 Å². The molecule has 1 amide bonds. The van der Waals surface area contributed by atoms with E-state index in [1.807, 2.05) is 5.43 Å². The molecule has 0 saturated carbocycles. The van der Waals surface area contributed by atoms with Crippen LogP contribution in [-0.4, -0.2) is 15.5 Å². The number of aromatic amines is 1. The van der Waals surface area contributed by atoms with E-state index in [0.29, 0.717) is 4.88 Å². The molecule has 0 aromatic carbocycles. The van der Waals surface area contributed by atoms with Crippen molar-refractivity contribution in [1.82, 2.24) is 15.0 Å². The fourth-order valence-electron chi connectivity index (χ4n) is 1.42. The average Bonchev–Trinajstić information content (AvgIpc) is 2.83. The van der Waals surface area contributed by atoms with E-state index in [0.717, 1.165) is 4.88 Å². The molecule has 0 fully saturated rings. The Balaban J connectivity index is 2.29. The van der Waals surface area contributed by atoms with Gasteiger partial charge in [-0.3, -0.25) is 24.6 Å². The van der Waals surface area contributed by atoms with Crippen molar-refractivity contribution in [3.63, 3.8) is 0 Å². The van der Waals surface area contributed by atoms with E-state index in [1.54, 1.807) is 12.1 Å². The summed E-state index contributed by atoms with van der Waals surface area (Å²) in [6.45, 7) is 0.261. The SMILES string of the molecule is NNC(=O)c1ccc(Cn2cc(Br)c(=O)[nH]c2=O)s1. The normalized spacial score (nSPS) is 10.4. The fraction of sp³-hybridized carbons (Fsp3) is 0.100. The Morgan fingerprint density at radius 3 is 2.89 bits per heavy atom. The van der Waals surface area contributed by atoms with Crippen LogP contribution in [0.3, 0.4) is 0 Å². The predicted octanol–water partition coefficient (Wildman–Crippen LogP) is 0.0124. The molecule has 2 heterocycles. The second kappa shape index (κ2) is 5.51. The molecule has 19 heavy (non-hydrogen) atoms. The number of hydrazine groups is 1. The Hall–Kier alpha value is -1.71. The van der Waals surface area contributed by atoms with E-state index in [4.69, 9.17) is 5.84 Å². The van der Waals surface area contributed by atoms with Crippen LogP contribution in [0.5, 0.6) is 0 Å². The summed E-state index contributed by atoms with van der Waals surface area (Å²) in [5.74, 6) is 4.65. The predicted molar refractivity (Wildman–Crippen MR) is 74.1 cm³/mol. The molecular weight excluding hydrogens is 336 g/mol. The van der Waals surface area contributed by atoms with E-state index in [-0.39, 0.29) is 16.9 Å². The van der Waals surface area contributed by atoms with Gasteiger partial charge in [0.25, 0.3) is 11.5 Å². The number of hydrogen-bond acceptors (Lipinski definition) is 5. The van der Waals surface area contributed by atoms with Crippen LogP contribution < -0.4 is 22.5 Å². The van der Waals surface area contributed by atoms with Crippen molar-refractivity contribution in [3.8, 4) is 0 Å². The topological polar surface area (TPSA) is 110 Å². The number of H-pyrrole nitrogens is 1. The van der Waals surface area contributed by atoms with Crippen LogP contribution in [0.4, 0.5) is 0 Å². The minimum Gasteiger partial charge on any atom is -0.294 e. The molecule has 0 atom stereocenters. The van der Waals surface area contributed by atoms with Gasteiger partial charge >= 0.3 is 5.69 Å². The first kappa shape index (κ1) is 13.7. The molecule has 0 bridgehead atoms. The molecule has 0 spiro atoms. The Morgan fingerprint density at radius 2 is 2.21 bits per heavy atom. The minimum atomic E-state index is -0.508. The lowest BCUT2D eigenvalue weighted by Gasteiger charge is -2.02. The van der Waals surface area contributed by atoms with E-state index in [9.17, 15) is 14.4 Å². The van der Waals surface area contributed by atoms with E-state index in [2.05, 4.69) is 20.9 Å².